The van der Waals surface area contributed by atoms with E-state index >= 15 is 0 Å². The first-order valence-electron chi connectivity index (χ1n) is 5.18. The van der Waals surface area contributed by atoms with E-state index < -0.39 is 21.6 Å². The predicted octanol–water partition coefficient (Wildman–Crippen LogP) is 1.78. The van der Waals surface area contributed by atoms with Gasteiger partial charge in [-0.1, -0.05) is 6.07 Å². The highest BCUT2D eigenvalue weighted by Crippen LogP contribution is 2.26. The molecule has 4 nitrogen and oxygen atoms in total. The fourth-order valence-corrected chi connectivity index (χ4v) is 3.61. The van der Waals surface area contributed by atoms with Gasteiger partial charge < -0.3 is 5.11 Å². The Morgan fingerprint density at radius 2 is 1.53 bits per heavy atom. The molecule has 0 aliphatic heterocycles. The Morgan fingerprint density at radius 3 is 1.88 bits per heavy atom. The minimum Gasteiger partial charge on any atom is -0.480 e. The van der Waals surface area contributed by atoms with Crippen molar-refractivity contribution in [2.24, 2.45) is 0 Å². The van der Waals surface area contributed by atoms with Gasteiger partial charge >= 0.3 is 5.97 Å². The summed E-state index contributed by atoms with van der Waals surface area (Å²) in [5.74, 6) is -2.19. The molecule has 0 saturated carbocycles. The molecule has 0 fully saturated rings. The van der Waals surface area contributed by atoms with Crippen LogP contribution in [0.2, 0.25) is 0 Å². The van der Waals surface area contributed by atoms with Gasteiger partial charge in [0.2, 0.25) is 0 Å². The summed E-state index contributed by atoms with van der Waals surface area (Å²) in [7, 11) is -3.77. The lowest BCUT2D eigenvalue weighted by Gasteiger charge is -2.14. The van der Waals surface area contributed by atoms with Crippen molar-refractivity contribution in [3.63, 3.8) is 0 Å². The lowest BCUT2D eigenvalue weighted by atomic mass is 10.0. The second-order valence-electron chi connectivity index (χ2n) is 4.24. The van der Waals surface area contributed by atoms with E-state index in [1.807, 2.05) is 19.9 Å². The normalized spacial score (nSPS) is 11.5. The Hall–Kier alpha value is -1.36. The summed E-state index contributed by atoms with van der Waals surface area (Å²) in [5, 5.41) is 8.65. The van der Waals surface area contributed by atoms with Crippen molar-refractivity contribution < 1.29 is 18.3 Å². The highest BCUT2D eigenvalue weighted by atomic mass is 32.2. The van der Waals surface area contributed by atoms with Crippen molar-refractivity contribution in [1.29, 1.82) is 0 Å². The van der Waals surface area contributed by atoms with Gasteiger partial charge in [0.05, 0.1) is 4.90 Å². The number of carboxylic acid groups (broad SMARTS) is 1. The summed E-state index contributed by atoms with van der Waals surface area (Å²) in [4.78, 5) is 10.8. The van der Waals surface area contributed by atoms with Gasteiger partial charge in [-0.05, 0) is 49.9 Å². The Morgan fingerprint density at radius 1 is 1.12 bits per heavy atom. The number of hydrogen-bond acceptors (Lipinski definition) is 3. The maximum atomic E-state index is 12.0. The van der Waals surface area contributed by atoms with E-state index in [4.69, 9.17) is 5.11 Å². The summed E-state index contributed by atoms with van der Waals surface area (Å²) in [6.07, 6.45) is 0. The average molecular weight is 256 g/mol. The van der Waals surface area contributed by atoms with E-state index in [0.29, 0.717) is 11.1 Å². The van der Waals surface area contributed by atoms with E-state index in [1.54, 1.807) is 13.8 Å². The monoisotopic (exact) mass is 256 g/mol. The van der Waals surface area contributed by atoms with Gasteiger partial charge in [-0.2, -0.15) is 0 Å². The van der Waals surface area contributed by atoms with Crippen LogP contribution in [0.4, 0.5) is 0 Å². The van der Waals surface area contributed by atoms with Gasteiger partial charge in [0.1, 0.15) is 0 Å². The lowest BCUT2D eigenvalue weighted by molar-refractivity contribution is -0.134. The fourth-order valence-electron chi connectivity index (χ4n) is 1.88. The molecule has 0 radical (unpaired) electrons. The van der Waals surface area contributed by atoms with Crippen molar-refractivity contribution >= 4 is 15.8 Å². The van der Waals surface area contributed by atoms with E-state index in [-0.39, 0.29) is 4.90 Å². The third kappa shape index (κ3) is 2.66. The van der Waals surface area contributed by atoms with Crippen LogP contribution in [0.3, 0.4) is 0 Å². The Labute approximate surface area is 101 Å². The number of hydrogen-bond donors (Lipinski definition) is 1. The molecule has 0 heterocycles. The van der Waals surface area contributed by atoms with Gasteiger partial charge in [0.25, 0.3) is 0 Å². The van der Waals surface area contributed by atoms with Gasteiger partial charge in [-0.25, -0.2) is 8.42 Å². The molecular formula is C12H16O4S. The Kier molecular flexibility index (Phi) is 3.62. The molecule has 0 aliphatic carbocycles. The minimum atomic E-state index is -3.77. The fraction of sp³-hybridized carbons (Fsp3) is 0.417. The van der Waals surface area contributed by atoms with Gasteiger partial charge in [-0.15, -0.1) is 0 Å². The van der Waals surface area contributed by atoms with Gasteiger partial charge in [0.15, 0.2) is 15.6 Å². The molecule has 17 heavy (non-hydrogen) atoms. The van der Waals surface area contributed by atoms with E-state index in [1.165, 1.54) is 0 Å². The first-order chi connectivity index (χ1) is 7.66. The molecular weight excluding hydrogens is 240 g/mol. The number of carboxylic acids is 1. The van der Waals surface area contributed by atoms with Crippen LogP contribution in [0.1, 0.15) is 22.3 Å². The molecule has 1 N–H and O–H groups in total. The average Bonchev–Trinajstić information content (AvgIpc) is 2.12. The van der Waals surface area contributed by atoms with Crippen LogP contribution in [0, 0.1) is 27.7 Å². The van der Waals surface area contributed by atoms with Crippen LogP contribution in [0.5, 0.6) is 0 Å². The maximum absolute atomic E-state index is 12.0. The molecule has 5 heteroatoms. The third-order valence-corrected chi connectivity index (χ3v) is 4.78. The molecule has 0 aromatic heterocycles. The van der Waals surface area contributed by atoms with Crippen molar-refractivity contribution in [1.82, 2.24) is 0 Å². The molecule has 0 saturated heterocycles. The molecule has 0 atom stereocenters. The van der Waals surface area contributed by atoms with Crippen molar-refractivity contribution in [3.05, 3.63) is 28.3 Å². The van der Waals surface area contributed by atoms with Gasteiger partial charge in [-0.3, -0.25) is 4.79 Å². The Balaban J connectivity index is 3.56. The predicted molar refractivity (Wildman–Crippen MR) is 65.1 cm³/mol. The van der Waals surface area contributed by atoms with Crippen molar-refractivity contribution in [3.8, 4) is 0 Å². The first kappa shape index (κ1) is 13.7. The van der Waals surface area contributed by atoms with Crippen LogP contribution >= 0.6 is 0 Å². The molecule has 1 aromatic carbocycles. The molecule has 94 valence electrons. The number of aryl methyl sites for hydroxylation is 2. The largest absolute Gasteiger partial charge is 0.480 e. The SMILES string of the molecule is Cc1cc(C)c(C)c(S(=O)(=O)CC(=O)O)c1C. The quantitative estimate of drug-likeness (QED) is 0.894. The molecule has 0 aliphatic rings. The van der Waals surface area contributed by atoms with Crippen LogP contribution in [0.25, 0.3) is 0 Å². The number of rotatable bonds is 3. The lowest BCUT2D eigenvalue weighted by Crippen LogP contribution is -2.18. The first-order valence-corrected chi connectivity index (χ1v) is 6.84. The molecule has 0 unspecified atom stereocenters. The summed E-state index contributed by atoms with van der Waals surface area (Å²) in [5.41, 5.74) is 2.98. The number of aliphatic carboxylic acids is 1. The zero-order chi connectivity index (χ0) is 13.4. The van der Waals surface area contributed by atoms with Crippen LogP contribution in [0.15, 0.2) is 11.0 Å². The minimum absolute atomic E-state index is 0.164. The van der Waals surface area contributed by atoms with E-state index in [2.05, 4.69) is 0 Å². The van der Waals surface area contributed by atoms with E-state index in [9.17, 15) is 13.2 Å². The summed E-state index contributed by atoms with van der Waals surface area (Å²) in [6.45, 7) is 7.05. The zero-order valence-corrected chi connectivity index (χ0v) is 11.2. The second-order valence-corrected chi connectivity index (χ2v) is 6.17. The number of sulfone groups is 1. The van der Waals surface area contributed by atoms with Crippen molar-refractivity contribution in [2.45, 2.75) is 32.6 Å². The molecule has 0 amide bonds. The second kappa shape index (κ2) is 4.49. The standard InChI is InChI=1S/C12H16O4S/c1-7-5-8(2)10(4)12(9(7)3)17(15,16)6-11(13)14/h5H,6H2,1-4H3,(H,13,14). The molecule has 0 bridgehead atoms. The maximum Gasteiger partial charge on any atom is 0.319 e. The summed E-state index contributed by atoms with van der Waals surface area (Å²) < 4.78 is 24.0. The highest BCUT2D eigenvalue weighted by Gasteiger charge is 2.24. The summed E-state index contributed by atoms with van der Waals surface area (Å²) in [6, 6.07) is 1.91. The number of carbonyl (C=O) groups is 1. The van der Waals surface area contributed by atoms with Crippen LogP contribution < -0.4 is 0 Å². The third-order valence-electron chi connectivity index (χ3n) is 2.92. The summed E-state index contributed by atoms with van der Waals surface area (Å²) >= 11 is 0. The highest BCUT2D eigenvalue weighted by molar-refractivity contribution is 7.92. The topological polar surface area (TPSA) is 71.4 Å². The molecule has 1 rings (SSSR count). The smallest absolute Gasteiger partial charge is 0.319 e. The molecule has 1 aromatic rings. The van der Waals surface area contributed by atoms with Crippen LogP contribution in [-0.4, -0.2) is 25.2 Å². The van der Waals surface area contributed by atoms with Crippen molar-refractivity contribution in [2.75, 3.05) is 5.75 Å². The zero-order valence-electron chi connectivity index (χ0n) is 10.4. The van der Waals surface area contributed by atoms with E-state index in [0.717, 1.165) is 11.1 Å². The van der Waals surface area contributed by atoms with Gasteiger partial charge in [0, 0.05) is 0 Å². The number of benzene rings is 1. The Bertz CT molecular complexity index is 544. The molecule has 0 spiro atoms. The van der Waals surface area contributed by atoms with Crippen LogP contribution in [-0.2, 0) is 14.6 Å².